The second-order valence-electron chi connectivity index (χ2n) is 6.68. The van der Waals surface area contributed by atoms with E-state index in [1.54, 1.807) is 18.5 Å². The maximum Gasteiger partial charge on any atom is 0.294 e. The fourth-order valence-corrected chi connectivity index (χ4v) is 3.06. The fourth-order valence-electron chi connectivity index (χ4n) is 3.06. The summed E-state index contributed by atoms with van der Waals surface area (Å²) in [6.45, 7) is 6.62. The van der Waals surface area contributed by atoms with E-state index in [1.807, 2.05) is 6.07 Å². The van der Waals surface area contributed by atoms with Crippen LogP contribution >= 0.6 is 0 Å². The van der Waals surface area contributed by atoms with Crippen LogP contribution < -0.4 is 16.1 Å². The van der Waals surface area contributed by atoms with Gasteiger partial charge in [0.15, 0.2) is 5.69 Å². The molecule has 0 atom stereocenters. The Morgan fingerprint density at radius 2 is 2.13 bits per heavy atom. The normalized spacial score (nSPS) is 11.4. The van der Waals surface area contributed by atoms with Gasteiger partial charge >= 0.3 is 0 Å². The predicted molar refractivity (Wildman–Crippen MR) is 108 cm³/mol. The zero-order valence-corrected chi connectivity index (χ0v) is 16.9. The Hall–Kier alpha value is -3.67. The molecule has 158 valence electrons. The minimum Gasteiger partial charge on any atom is -0.378 e. The molecule has 0 spiro atoms. The molecule has 0 aliphatic rings. The molecule has 0 saturated heterocycles. The highest BCUT2D eigenvalue weighted by atomic mass is 16.6. The van der Waals surface area contributed by atoms with Crippen LogP contribution in [0.1, 0.15) is 48.4 Å². The predicted octanol–water partition coefficient (Wildman–Crippen LogP) is -0.404. The van der Waals surface area contributed by atoms with Crippen LogP contribution in [-0.4, -0.2) is 55.5 Å². The standard InChI is InChI=1S/C18H24N10O2/c1-3-8-27(9-4-2)12-14-15(22-26-28(14)17-16(19)24-30-25-17)18(29)23-21-11-13-6-5-7-20-10-13/h5-7,10-11H,3-4,8-9,12H2,1-2H3,(H2,19,24)(H,23,29)/p+1. The van der Waals surface area contributed by atoms with Gasteiger partial charge < -0.3 is 10.6 Å². The van der Waals surface area contributed by atoms with Gasteiger partial charge in [0, 0.05) is 18.0 Å². The lowest BCUT2D eigenvalue weighted by atomic mass is 10.2. The van der Waals surface area contributed by atoms with Crippen molar-refractivity contribution in [1.82, 2.24) is 35.7 Å². The Balaban J connectivity index is 1.87. The summed E-state index contributed by atoms with van der Waals surface area (Å²) in [6.07, 6.45) is 6.79. The Bertz CT molecular complexity index is 976. The molecule has 0 saturated carbocycles. The van der Waals surface area contributed by atoms with E-state index in [1.165, 1.54) is 15.8 Å². The minimum absolute atomic E-state index is 0.0650. The number of carbonyl (C=O) groups is 1. The van der Waals surface area contributed by atoms with Gasteiger partial charge in [-0.05, 0) is 29.2 Å². The first-order valence-corrected chi connectivity index (χ1v) is 9.74. The first-order chi connectivity index (χ1) is 14.6. The number of nitrogens with one attached hydrogen (secondary N) is 2. The third kappa shape index (κ3) is 5.03. The number of anilines is 1. The molecule has 1 amide bonds. The maximum absolute atomic E-state index is 12.8. The van der Waals surface area contributed by atoms with Crippen LogP contribution in [0.25, 0.3) is 5.82 Å². The van der Waals surface area contributed by atoms with Crippen LogP contribution in [0.5, 0.6) is 0 Å². The van der Waals surface area contributed by atoms with Gasteiger partial charge in [-0.25, -0.2) is 10.1 Å². The van der Waals surface area contributed by atoms with Crippen molar-refractivity contribution in [2.24, 2.45) is 5.10 Å². The molecule has 0 bridgehead atoms. The molecule has 0 radical (unpaired) electrons. The molecule has 4 N–H and O–H groups in total. The second-order valence-corrected chi connectivity index (χ2v) is 6.68. The molecular formula is C18H25N10O2+. The van der Waals surface area contributed by atoms with Crippen molar-refractivity contribution >= 4 is 17.9 Å². The third-order valence-corrected chi connectivity index (χ3v) is 4.36. The Morgan fingerprint density at radius 1 is 1.33 bits per heavy atom. The summed E-state index contributed by atoms with van der Waals surface area (Å²) in [5, 5.41) is 19.5. The summed E-state index contributed by atoms with van der Waals surface area (Å²) in [4.78, 5) is 18.0. The molecule has 12 nitrogen and oxygen atoms in total. The largest absolute Gasteiger partial charge is 0.378 e. The number of nitrogens with zero attached hydrogens (tertiary/aromatic N) is 7. The number of quaternary nitrogens is 1. The van der Waals surface area contributed by atoms with E-state index in [0.717, 1.165) is 31.5 Å². The number of hydrazone groups is 1. The van der Waals surface area contributed by atoms with E-state index in [-0.39, 0.29) is 17.3 Å². The van der Waals surface area contributed by atoms with Crippen molar-refractivity contribution in [3.8, 4) is 5.82 Å². The quantitative estimate of drug-likeness (QED) is 0.299. The molecule has 12 heteroatoms. The SMILES string of the molecule is CCC[NH+](CCC)Cc1c(C(=O)NN=Cc2cccnc2)nnn1-c1nonc1N. The van der Waals surface area contributed by atoms with E-state index in [9.17, 15) is 4.79 Å². The van der Waals surface area contributed by atoms with Gasteiger partial charge in [0.1, 0.15) is 12.2 Å². The van der Waals surface area contributed by atoms with E-state index >= 15 is 0 Å². The number of amides is 1. The number of nitrogen functional groups attached to an aromatic ring is 1. The summed E-state index contributed by atoms with van der Waals surface area (Å²) >= 11 is 0. The van der Waals surface area contributed by atoms with Crippen LogP contribution in [0.4, 0.5) is 5.82 Å². The number of hydrogen-bond acceptors (Lipinski definition) is 9. The van der Waals surface area contributed by atoms with Crippen LogP contribution in [-0.2, 0) is 6.54 Å². The number of hydrogen-bond donors (Lipinski definition) is 3. The summed E-state index contributed by atoms with van der Waals surface area (Å²) in [5.74, 6) is -0.225. The second kappa shape index (κ2) is 10.2. The first kappa shape index (κ1) is 21.0. The molecule has 0 aromatic carbocycles. The Labute approximate surface area is 173 Å². The zero-order valence-electron chi connectivity index (χ0n) is 16.9. The number of carbonyl (C=O) groups excluding carboxylic acids is 1. The van der Waals surface area contributed by atoms with Gasteiger partial charge in [0.25, 0.3) is 5.91 Å². The summed E-state index contributed by atoms with van der Waals surface area (Å²) < 4.78 is 6.09. The van der Waals surface area contributed by atoms with Crippen LogP contribution in [0.3, 0.4) is 0 Å². The lowest BCUT2D eigenvalue weighted by Crippen LogP contribution is -3.10. The summed E-state index contributed by atoms with van der Waals surface area (Å²) in [5.41, 5.74) is 9.77. The lowest BCUT2D eigenvalue weighted by molar-refractivity contribution is -0.914. The highest BCUT2D eigenvalue weighted by Crippen LogP contribution is 2.15. The van der Waals surface area contributed by atoms with E-state index in [0.29, 0.717) is 12.2 Å². The topological polar surface area (TPSA) is 154 Å². The van der Waals surface area contributed by atoms with Gasteiger partial charge in [0.2, 0.25) is 11.6 Å². The zero-order chi connectivity index (χ0) is 21.3. The fraction of sp³-hybridized carbons (Fsp3) is 0.389. The van der Waals surface area contributed by atoms with Crippen molar-refractivity contribution < 1.29 is 14.3 Å². The van der Waals surface area contributed by atoms with Gasteiger partial charge in [-0.15, -0.1) is 5.10 Å². The molecule has 3 aromatic heterocycles. The van der Waals surface area contributed by atoms with Crippen molar-refractivity contribution in [3.05, 3.63) is 41.5 Å². The van der Waals surface area contributed by atoms with E-state index in [2.05, 4.69) is 54.6 Å². The number of pyridine rings is 1. The molecule has 0 fully saturated rings. The Morgan fingerprint density at radius 3 is 2.77 bits per heavy atom. The molecular weight excluding hydrogens is 388 g/mol. The van der Waals surface area contributed by atoms with Crippen molar-refractivity contribution in [1.29, 1.82) is 0 Å². The van der Waals surface area contributed by atoms with Gasteiger partial charge in [0.05, 0.1) is 19.3 Å². The first-order valence-electron chi connectivity index (χ1n) is 9.74. The number of rotatable bonds is 10. The molecule has 0 aliphatic carbocycles. The number of aromatic nitrogens is 6. The number of nitrogens with two attached hydrogens (primary N) is 1. The Kier molecular flexibility index (Phi) is 7.16. The van der Waals surface area contributed by atoms with Crippen molar-refractivity contribution in [2.75, 3.05) is 18.8 Å². The summed E-state index contributed by atoms with van der Waals surface area (Å²) in [7, 11) is 0. The molecule has 0 aliphatic heterocycles. The molecule has 3 heterocycles. The molecule has 3 aromatic rings. The summed E-state index contributed by atoms with van der Waals surface area (Å²) in [6, 6.07) is 3.60. The smallest absolute Gasteiger partial charge is 0.294 e. The molecule has 3 rings (SSSR count). The molecule has 30 heavy (non-hydrogen) atoms. The van der Waals surface area contributed by atoms with Crippen LogP contribution in [0.2, 0.25) is 0 Å². The lowest BCUT2D eigenvalue weighted by Gasteiger charge is -2.18. The highest BCUT2D eigenvalue weighted by molar-refractivity contribution is 5.94. The average molecular weight is 413 g/mol. The highest BCUT2D eigenvalue weighted by Gasteiger charge is 2.26. The average Bonchev–Trinajstić information content (AvgIpc) is 3.35. The van der Waals surface area contributed by atoms with Crippen LogP contribution in [0, 0.1) is 0 Å². The van der Waals surface area contributed by atoms with Crippen molar-refractivity contribution in [3.63, 3.8) is 0 Å². The van der Waals surface area contributed by atoms with Gasteiger partial charge in [-0.3, -0.25) is 9.78 Å². The van der Waals surface area contributed by atoms with Crippen molar-refractivity contribution in [2.45, 2.75) is 33.2 Å². The van der Waals surface area contributed by atoms with Gasteiger partial charge in [-0.2, -0.15) is 9.78 Å². The monoisotopic (exact) mass is 413 g/mol. The van der Waals surface area contributed by atoms with E-state index in [4.69, 9.17) is 5.73 Å². The third-order valence-electron chi connectivity index (χ3n) is 4.36. The minimum atomic E-state index is -0.487. The van der Waals surface area contributed by atoms with Gasteiger partial charge in [-0.1, -0.05) is 25.1 Å². The maximum atomic E-state index is 12.8. The molecule has 0 unspecified atom stereocenters. The van der Waals surface area contributed by atoms with E-state index < -0.39 is 5.91 Å². The van der Waals surface area contributed by atoms with Crippen LogP contribution in [0.15, 0.2) is 34.3 Å².